The van der Waals surface area contributed by atoms with Gasteiger partial charge < -0.3 is 25.1 Å². The normalized spacial score (nSPS) is 17.1. The third kappa shape index (κ3) is 5.01. The summed E-state index contributed by atoms with van der Waals surface area (Å²) in [6.07, 6.45) is 0.499. The zero-order valence-corrected chi connectivity index (χ0v) is 15.8. The van der Waals surface area contributed by atoms with Crippen LogP contribution in [0.5, 0.6) is 0 Å². The van der Waals surface area contributed by atoms with Crippen LogP contribution in [0.15, 0.2) is 47.1 Å². The molecule has 2 aromatic rings. The van der Waals surface area contributed by atoms with E-state index in [4.69, 9.17) is 14.9 Å². The Morgan fingerprint density at radius 2 is 2.00 bits per heavy atom. The SMILES string of the molecule is C[C@@H](OC(=O)[C@@H]1CC(=O)N(Cc2ccco2)C1)C(=O)Nc1ccc(C(N)=O)cc1. The standard InChI is InChI=1S/C20H21N3O6/c1-12(19(26)22-15-6-4-13(5-7-15)18(21)25)29-20(27)14-9-17(24)23(10-14)11-16-3-2-8-28-16/h2-8,12,14H,9-11H2,1H3,(H2,21,25)(H,22,26)/t12-,14-/m1/s1. The maximum Gasteiger partial charge on any atom is 0.312 e. The van der Waals surface area contributed by atoms with E-state index in [2.05, 4.69) is 5.32 Å². The van der Waals surface area contributed by atoms with Gasteiger partial charge in [0.1, 0.15) is 5.76 Å². The van der Waals surface area contributed by atoms with Gasteiger partial charge in [-0.15, -0.1) is 0 Å². The van der Waals surface area contributed by atoms with Crippen LogP contribution < -0.4 is 11.1 Å². The molecule has 0 bridgehead atoms. The molecule has 9 heteroatoms. The molecule has 3 rings (SSSR count). The van der Waals surface area contributed by atoms with Gasteiger partial charge in [0.2, 0.25) is 11.8 Å². The van der Waals surface area contributed by atoms with Gasteiger partial charge >= 0.3 is 5.97 Å². The summed E-state index contributed by atoms with van der Waals surface area (Å²) in [4.78, 5) is 49.3. The second kappa shape index (κ2) is 8.59. The van der Waals surface area contributed by atoms with E-state index in [9.17, 15) is 19.2 Å². The van der Waals surface area contributed by atoms with Gasteiger partial charge in [0.15, 0.2) is 6.10 Å². The third-order valence-corrected chi connectivity index (χ3v) is 4.57. The molecule has 29 heavy (non-hydrogen) atoms. The van der Waals surface area contributed by atoms with Crippen molar-refractivity contribution in [1.29, 1.82) is 0 Å². The lowest BCUT2D eigenvalue weighted by Gasteiger charge is -2.17. The summed E-state index contributed by atoms with van der Waals surface area (Å²) in [6.45, 7) is 1.94. The third-order valence-electron chi connectivity index (χ3n) is 4.57. The van der Waals surface area contributed by atoms with Crippen molar-refractivity contribution in [3.63, 3.8) is 0 Å². The number of nitrogens with one attached hydrogen (secondary N) is 1. The first kappa shape index (κ1) is 20.1. The van der Waals surface area contributed by atoms with Crippen LogP contribution in [0.1, 0.15) is 29.5 Å². The summed E-state index contributed by atoms with van der Waals surface area (Å²) in [7, 11) is 0. The van der Waals surface area contributed by atoms with Gasteiger partial charge in [-0.1, -0.05) is 0 Å². The molecule has 0 radical (unpaired) electrons. The van der Waals surface area contributed by atoms with Crippen molar-refractivity contribution in [2.75, 3.05) is 11.9 Å². The van der Waals surface area contributed by atoms with E-state index < -0.39 is 29.8 Å². The second-order valence-corrected chi connectivity index (χ2v) is 6.76. The minimum absolute atomic E-state index is 0.0302. The Morgan fingerprint density at radius 3 is 2.62 bits per heavy atom. The summed E-state index contributed by atoms with van der Waals surface area (Å²) in [5, 5.41) is 2.59. The van der Waals surface area contributed by atoms with Gasteiger partial charge in [0, 0.05) is 24.2 Å². The first-order chi connectivity index (χ1) is 13.8. The van der Waals surface area contributed by atoms with Crippen LogP contribution in [0, 0.1) is 5.92 Å². The largest absolute Gasteiger partial charge is 0.467 e. The monoisotopic (exact) mass is 399 g/mol. The summed E-state index contributed by atoms with van der Waals surface area (Å²) in [5.41, 5.74) is 5.91. The Morgan fingerprint density at radius 1 is 1.28 bits per heavy atom. The fourth-order valence-electron chi connectivity index (χ4n) is 2.96. The molecule has 3 N–H and O–H groups in total. The van der Waals surface area contributed by atoms with Crippen molar-refractivity contribution in [2.45, 2.75) is 26.0 Å². The van der Waals surface area contributed by atoms with Crippen molar-refractivity contribution < 1.29 is 28.3 Å². The minimum atomic E-state index is -1.05. The summed E-state index contributed by atoms with van der Waals surface area (Å²) in [6, 6.07) is 9.48. The van der Waals surface area contributed by atoms with Crippen molar-refractivity contribution in [3.8, 4) is 0 Å². The van der Waals surface area contributed by atoms with Gasteiger partial charge in [-0.3, -0.25) is 19.2 Å². The molecule has 0 spiro atoms. The average molecular weight is 399 g/mol. The molecule has 3 amide bonds. The molecule has 1 aromatic heterocycles. The summed E-state index contributed by atoms with van der Waals surface area (Å²) in [5.74, 6) is -1.88. The van der Waals surface area contributed by atoms with Crippen molar-refractivity contribution in [3.05, 3.63) is 54.0 Å². The smallest absolute Gasteiger partial charge is 0.312 e. The molecule has 0 unspecified atom stereocenters. The number of carbonyl (C=O) groups is 4. The highest BCUT2D eigenvalue weighted by molar-refractivity contribution is 5.97. The number of carbonyl (C=O) groups excluding carboxylic acids is 4. The molecule has 152 valence electrons. The number of benzene rings is 1. The number of furan rings is 1. The molecular formula is C20H21N3O6. The summed E-state index contributed by atoms with van der Waals surface area (Å²) < 4.78 is 10.5. The van der Waals surface area contributed by atoms with E-state index in [0.29, 0.717) is 17.0 Å². The fraction of sp³-hybridized carbons (Fsp3) is 0.300. The van der Waals surface area contributed by atoms with Gasteiger partial charge in [-0.2, -0.15) is 0 Å². The number of esters is 1. The number of anilines is 1. The lowest BCUT2D eigenvalue weighted by atomic mass is 10.1. The van der Waals surface area contributed by atoms with Crippen LogP contribution in [0.25, 0.3) is 0 Å². The van der Waals surface area contributed by atoms with Crippen LogP contribution in [0.3, 0.4) is 0 Å². The molecule has 2 heterocycles. The molecular weight excluding hydrogens is 378 g/mol. The van der Waals surface area contributed by atoms with Crippen LogP contribution in [-0.2, 0) is 25.7 Å². The van der Waals surface area contributed by atoms with Crippen LogP contribution in [0.2, 0.25) is 0 Å². The number of rotatable bonds is 7. The topological polar surface area (TPSA) is 132 Å². The van der Waals surface area contributed by atoms with E-state index in [1.165, 1.54) is 42.4 Å². The highest BCUT2D eigenvalue weighted by atomic mass is 16.5. The molecule has 1 aromatic carbocycles. The Kier molecular flexibility index (Phi) is 5.96. The van der Waals surface area contributed by atoms with Gasteiger partial charge in [0.25, 0.3) is 5.91 Å². The van der Waals surface area contributed by atoms with Crippen molar-refractivity contribution in [2.24, 2.45) is 11.7 Å². The highest BCUT2D eigenvalue weighted by Crippen LogP contribution is 2.22. The van der Waals surface area contributed by atoms with Crippen LogP contribution >= 0.6 is 0 Å². The number of nitrogens with zero attached hydrogens (tertiary/aromatic N) is 1. The molecule has 1 aliphatic rings. The predicted molar refractivity (Wildman–Crippen MR) is 101 cm³/mol. The average Bonchev–Trinajstić information content (AvgIpc) is 3.32. The zero-order valence-electron chi connectivity index (χ0n) is 15.8. The van der Waals surface area contributed by atoms with E-state index in [-0.39, 0.29) is 25.4 Å². The maximum atomic E-state index is 12.4. The number of amides is 3. The highest BCUT2D eigenvalue weighted by Gasteiger charge is 2.36. The molecule has 1 fully saturated rings. The predicted octanol–water partition coefficient (Wildman–Crippen LogP) is 1.30. The summed E-state index contributed by atoms with van der Waals surface area (Å²) >= 11 is 0. The number of hydrogen-bond donors (Lipinski definition) is 2. The van der Waals surface area contributed by atoms with E-state index in [0.717, 1.165) is 0 Å². The van der Waals surface area contributed by atoms with Crippen molar-refractivity contribution >= 4 is 29.4 Å². The lowest BCUT2D eigenvalue weighted by molar-refractivity contribution is -0.157. The number of likely N-dealkylation sites (tertiary alicyclic amines) is 1. The molecule has 0 saturated carbocycles. The quantitative estimate of drug-likeness (QED) is 0.675. The molecule has 1 aliphatic heterocycles. The number of primary amides is 1. The Labute approximate surface area is 166 Å². The van der Waals surface area contributed by atoms with Crippen LogP contribution in [0.4, 0.5) is 5.69 Å². The fourth-order valence-corrected chi connectivity index (χ4v) is 2.96. The van der Waals surface area contributed by atoms with Crippen LogP contribution in [-0.4, -0.2) is 41.2 Å². The number of nitrogens with two attached hydrogens (primary N) is 1. The Hall–Kier alpha value is -3.62. The van der Waals surface area contributed by atoms with Crippen molar-refractivity contribution in [1.82, 2.24) is 4.90 Å². The molecule has 2 atom stereocenters. The molecule has 1 saturated heterocycles. The van der Waals surface area contributed by atoms with E-state index in [1.807, 2.05) is 0 Å². The Bertz CT molecular complexity index is 907. The van der Waals surface area contributed by atoms with E-state index >= 15 is 0 Å². The number of hydrogen-bond acceptors (Lipinski definition) is 6. The van der Waals surface area contributed by atoms with Gasteiger partial charge in [0.05, 0.1) is 18.7 Å². The van der Waals surface area contributed by atoms with E-state index in [1.54, 1.807) is 12.1 Å². The minimum Gasteiger partial charge on any atom is -0.467 e. The molecule has 0 aliphatic carbocycles. The molecule has 9 nitrogen and oxygen atoms in total. The first-order valence-corrected chi connectivity index (χ1v) is 9.05. The second-order valence-electron chi connectivity index (χ2n) is 6.76. The number of ether oxygens (including phenoxy) is 1. The van der Waals surface area contributed by atoms with Gasteiger partial charge in [-0.25, -0.2) is 0 Å². The zero-order chi connectivity index (χ0) is 21.0. The Balaban J connectivity index is 1.51. The van der Waals surface area contributed by atoms with Gasteiger partial charge in [-0.05, 0) is 43.3 Å². The maximum absolute atomic E-state index is 12.4. The lowest BCUT2D eigenvalue weighted by Crippen LogP contribution is -2.33. The first-order valence-electron chi connectivity index (χ1n) is 9.05.